The molecule has 1 aromatic heterocycles. The second kappa shape index (κ2) is 9.42. The van der Waals surface area contributed by atoms with Gasteiger partial charge in [-0.2, -0.15) is 0 Å². The topological polar surface area (TPSA) is 17.0 Å². The molecule has 180 valence electrons. The molecular formula is C36H26N2. The molecule has 0 atom stereocenters. The lowest BCUT2D eigenvalue weighted by Crippen LogP contribution is -1.96. The van der Waals surface area contributed by atoms with Crippen molar-refractivity contribution in [2.75, 3.05) is 5.32 Å². The molecule has 0 fully saturated rings. The number of rotatable bonds is 5. The van der Waals surface area contributed by atoms with Gasteiger partial charge < -0.3 is 9.88 Å². The summed E-state index contributed by atoms with van der Waals surface area (Å²) in [6, 6.07) is 53.8. The third kappa shape index (κ3) is 4.03. The van der Waals surface area contributed by atoms with E-state index in [2.05, 4.69) is 155 Å². The zero-order valence-electron chi connectivity index (χ0n) is 20.9. The van der Waals surface area contributed by atoms with Crippen molar-refractivity contribution in [2.45, 2.75) is 0 Å². The van der Waals surface area contributed by atoms with Crippen molar-refractivity contribution in [1.29, 1.82) is 0 Å². The van der Waals surface area contributed by atoms with Crippen molar-refractivity contribution in [3.63, 3.8) is 0 Å². The van der Waals surface area contributed by atoms with Crippen LogP contribution in [0.5, 0.6) is 0 Å². The van der Waals surface area contributed by atoms with Gasteiger partial charge in [0.1, 0.15) is 0 Å². The first-order valence-corrected chi connectivity index (χ1v) is 13.0. The number of hydrogen-bond acceptors (Lipinski definition) is 1. The molecule has 0 radical (unpaired) electrons. The molecule has 7 aromatic rings. The van der Waals surface area contributed by atoms with Crippen LogP contribution in [-0.4, -0.2) is 4.57 Å². The molecule has 1 heterocycles. The molecule has 0 saturated heterocycles. The largest absolute Gasteiger partial charge is 0.355 e. The van der Waals surface area contributed by atoms with Gasteiger partial charge in [-0.1, -0.05) is 109 Å². The predicted molar refractivity (Wildman–Crippen MR) is 161 cm³/mol. The van der Waals surface area contributed by atoms with Gasteiger partial charge in [0.05, 0.1) is 11.0 Å². The maximum absolute atomic E-state index is 3.60. The summed E-state index contributed by atoms with van der Waals surface area (Å²) in [6.45, 7) is 0. The van der Waals surface area contributed by atoms with Crippen molar-refractivity contribution in [3.05, 3.63) is 152 Å². The Morgan fingerprint density at radius 2 is 0.868 bits per heavy atom. The van der Waals surface area contributed by atoms with Gasteiger partial charge in [0.15, 0.2) is 0 Å². The van der Waals surface area contributed by atoms with Crippen molar-refractivity contribution in [2.24, 2.45) is 0 Å². The average molecular weight is 487 g/mol. The van der Waals surface area contributed by atoms with E-state index in [-0.39, 0.29) is 0 Å². The minimum Gasteiger partial charge on any atom is -0.355 e. The number of hydrogen-bond donors (Lipinski definition) is 1. The summed E-state index contributed by atoms with van der Waals surface area (Å²) >= 11 is 0. The molecule has 1 N–H and O–H groups in total. The van der Waals surface area contributed by atoms with Gasteiger partial charge in [-0.15, -0.1) is 0 Å². The third-order valence-electron chi connectivity index (χ3n) is 7.18. The Morgan fingerprint density at radius 3 is 1.47 bits per heavy atom. The fraction of sp³-hybridized carbons (Fsp3) is 0. The van der Waals surface area contributed by atoms with Crippen LogP contribution >= 0.6 is 0 Å². The first kappa shape index (κ1) is 22.1. The molecule has 0 saturated carbocycles. The molecule has 0 aliphatic rings. The number of anilines is 2. The maximum atomic E-state index is 3.60. The van der Waals surface area contributed by atoms with Crippen molar-refractivity contribution in [1.82, 2.24) is 4.57 Å². The number of benzene rings is 6. The molecular weight excluding hydrogens is 460 g/mol. The smallest absolute Gasteiger partial charge is 0.0541 e. The van der Waals surface area contributed by atoms with E-state index in [9.17, 15) is 0 Å². The summed E-state index contributed by atoms with van der Waals surface area (Å²) in [7, 11) is 0. The van der Waals surface area contributed by atoms with Gasteiger partial charge in [0, 0.05) is 27.8 Å². The van der Waals surface area contributed by atoms with Gasteiger partial charge in [0.25, 0.3) is 0 Å². The van der Waals surface area contributed by atoms with Crippen LogP contribution in [0, 0.1) is 0 Å². The van der Waals surface area contributed by atoms with E-state index < -0.39 is 0 Å². The summed E-state index contributed by atoms with van der Waals surface area (Å²) in [5.41, 5.74) is 10.6. The fourth-order valence-corrected chi connectivity index (χ4v) is 5.32. The summed E-state index contributed by atoms with van der Waals surface area (Å²) in [6.07, 6.45) is 0. The molecule has 0 unspecified atom stereocenters. The first-order chi connectivity index (χ1) is 18.8. The highest BCUT2D eigenvalue weighted by Crippen LogP contribution is 2.33. The molecule has 0 spiro atoms. The minimum atomic E-state index is 1.06. The van der Waals surface area contributed by atoms with Crippen LogP contribution in [0.15, 0.2) is 152 Å². The lowest BCUT2D eigenvalue weighted by atomic mass is 10.0. The van der Waals surface area contributed by atoms with Crippen LogP contribution in [0.3, 0.4) is 0 Å². The van der Waals surface area contributed by atoms with Crippen LogP contribution in [0.2, 0.25) is 0 Å². The van der Waals surface area contributed by atoms with Crippen molar-refractivity contribution < 1.29 is 0 Å². The Labute approximate surface area is 222 Å². The second-order valence-electron chi connectivity index (χ2n) is 9.57. The maximum Gasteiger partial charge on any atom is 0.0541 e. The lowest BCUT2D eigenvalue weighted by molar-refractivity contribution is 1.18. The quantitative estimate of drug-likeness (QED) is 0.256. The Balaban J connectivity index is 1.16. The Bertz CT molecular complexity index is 1810. The Morgan fingerprint density at radius 1 is 0.368 bits per heavy atom. The first-order valence-electron chi connectivity index (χ1n) is 13.0. The SMILES string of the molecule is c1ccc(-c2ccc(-c3ccc(Nc4cccc(-n5c6ccccc6c6ccccc65)c4)cc3)cc2)cc1. The molecule has 0 aliphatic carbocycles. The van der Waals surface area contributed by atoms with Crippen LogP contribution in [0.4, 0.5) is 11.4 Å². The van der Waals surface area contributed by atoms with Crippen LogP contribution in [-0.2, 0) is 0 Å². The second-order valence-corrected chi connectivity index (χ2v) is 9.57. The van der Waals surface area contributed by atoms with E-state index in [1.54, 1.807) is 0 Å². The standard InChI is InChI=1S/C36H26N2/c1-2-9-26(10-3-1)27-17-19-28(20-18-27)29-21-23-30(24-22-29)37-31-11-8-12-32(25-31)38-35-15-6-4-13-33(35)34-14-5-7-16-36(34)38/h1-25,37H. The number of nitrogens with one attached hydrogen (secondary N) is 1. The summed E-state index contributed by atoms with van der Waals surface area (Å²) in [5, 5.41) is 6.14. The molecule has 2 nitrogen and oxygen atoms in total. The van der Waals surface area contributed by atoms with Gasteiger partial charge in [-0.25, -0.2) is 0 Å². The lowest BCUT2D eigenvalue weighted by Gasteiger charge is -2.12. The normalized spacial score (nSPS) is 11.2. The summed E-state index contributed by atoms with van der Waals surface area (Å²) in [4.78, 5) is 0. The highest BCUT2D eigenvalue weighted by atomic mass is 15.0. The highest BCUT2D eigenvalue weighted by molar-refractivity contribution is 6.09. The van der Waals surface area contributed by atoms with Gasteiger partial charge in [0.2, 0.25) is 0 Å². The highest BCUT2D eigenvalue weighted by Gasteiger charge is 2.11. The zero-order valence-corrected chi connectivity index (χ0v) is 20.9. The minimum absolute atomic E-state index is 1.06. The van der Waals surface area contributed by atoms with Gasteiger partial charge in [-0.05, 0) is 64.7 Å². The number of nitrogens with zero attached hydrogens (tertiary/aromatic N) is 1. The van der Waals surface area contributed by atoms with E-state index in [1.165, 1.54) is 44.1 Å². The van der Waals surface area contributed by atoms with Crippen LogP contribution in [0.25, 0.3) is 49.7 Å². The van der Waals surface area contributed by atoms with Gasteiger partial charge in [-0.3, -0.25) is 0 Å². The van der Waals surface area contributed by atoms with Crippen LogP contribution in [0.1, 0.15) is 0 Å². The summed E-state index contributed by atoms with van der Waals surface area (Å²) < 4.78 is 2.35. The number of fused-ring (bicyclic) bond motifs is 3. The third-order valence-corrected chi connectivity index (χ3v) is 7.18. The molecule has 0 amide bonds. The van der Waals surface area contributed by atoms with E-state index >= 15 is 0 Å². The Hall–Kier alpha value is -5.08. The summed E-state index contributed by atoms with van der Waals surface area (Å²) in [5.74, 6) is 0. The zero-order chi connectivity index (χ0) is 25.3. The van der Waals surface area contributed by atoms with E-state index in [0.717, 1.165) is 17.1 Å². The fourth-order valence-electron chi connectivity index (χ4n) is 5.32. The van der Waals surface area contributed by atoms with Crippen LogP contribution < -0.4 is 5.32 Å². The predicted octanol–water partition coefficient (Wildman–Crippen LogP) is 9.86. The average Bonchev–Trinajstić information content (AvgIpc) is 3.33. The molecule has 6 aromatic carbocycles. The molecule has 38 heavy (non-hydrogen) atoms. The number of para-hydroxylation sites is 2. The van der Waals surface area contributed by atoms with Gasteiger partial charge >= 0.3 is 0 Å². The molecule has 0 bridgehead atoms. The van der Waals surface area contributed by atoms with Crippen molar-refractivity contribution >= 4 is 33.2 Å². The molecule has 2 heteroatoms. The van der Waals surface area contributed by atoms with E-state index in [0.29, 0.717) is 0 Å². The van der Waals surface area contributed by atoms with E-state index in [4.69, 9.17) is 0 Å². The number of aromatic nitrogens is 1. The molecule has 7 rings (SSSR count). The Kier molecular flexibility index (Phi) is 5.49. The molecule has 0 aliphatic heterocycles. The van der Waals surface area contributed by atoms with Crippen molar-refractivity contribution in [3.8, 4) is 27.9 Å². The van der Waals surface area contributed by atoms with E-state index in [1.807, 2.05) is 6.07 Å². The monoisotopic (exact) mass is 486 g/mol.